The van der Waals surface area contributed by atoms with Crippen LogP contribution in [0.1, 0.15) is 5.56 Å². The van der Waals surface area contributed by atoms with Crippen molar-refractivity contribution in [1.29, 1.82) is 0 Å². The van der Waals surface area contributed by atoms with Gasteiger partial charge in [-0.2, -0.15) is 0 Å². The van der Waals surface area contributed by atoms with Gasteiger partial charge in [0.05, 0.1) is 27.8 Å². The van der Waals surface area contributed by atoms with Crippen LogP contribution < -0.4 is 14.5 Å². The molecule has 0 saturated heterocycles. The first-order valence-electron chi connectivity index (χ1n) is 4.87. The first-order valence-corrected chi connectivity index (χ1v) is 4.87. The quantitative estimate of drug-likeness (QED) is 0.711. The van der Waals surface area contributed by atoms with Crippen LogP contribution in [0.2, 0.25) is 0 Å². The topological polar surface area (TPSA) is 46.0 Å². The van der Waals surface area contributed by atoms with Crippen molar-refractivity contribution >= 4 is 0 Å². The molecular weight excluding hydrogens is 194 g/mol. The Balaban J connectivity index is 2.74. The van der Waals surface area contributed by atoms with Crippen LogP contribution in [-0.2, 0) is 6.42 Å². The highest BCUT2D eigenvalue weighted by Gasteiger charge is 2.04. The van der Waals surface area contributed by atoms with E-state index in [2.05, 4.69) is 0 Å². The SMILES string of the molecule is COc1ccc(CC[NH+](C)[O-])cc1OC. The van der Waals surface area contributed by atoms with Gasteiger partial charge >= 0.3 is 0 Å². The first kappa shape index (κ1) is 11.8. The molecule has 0 aliphatic heterocycles. The lowest BCUT2D eigenvalue weighted by atomic mass is 10.1. The Morgan fingerprint density at radius 1 is 1.20 bits per heavy atom. The average molecular weight is 211 g/mol. The molecular formula is C11H17NO3. The molecule has 0 bridgehead atoms. The van der Waals surface area contributed by atoms with E-state index in [1.807, 2.05) is 18.2 Å². The van der Waals surface area contributed by atoms with E-state index in [1.54, 1.807) is 21.3 Å². The second kappa shape index (κ2) is 5.58. The molecule has 0 heterocycles. The Hall–Kier alpha value is -1.26. The third kappa shape index (κ3) is 3.42. The molecule has 84 valence electrons. The van der Waals surface area contributed by atoms with Crippen LogP contribution in [0.4, 0.5) is 0 Å². The maximum atomic E-state index is 10.8. The third-order valence-corrected chi connectivity index (χ3v) is 2.21. The third-order valence-electron chi connectivity index (χ3n) is 2.21. The molecule has 0 aliphatic rings. The lowest BCUT2D eigenvalue weighted by Crippen LogP contribution is -3.04. The summed E-state index contributed by atoms with van der Waals surface area (Å²) in [6, 6.07) is 5.71. The van der Waals surface area contributed by atoms with Gasteiger partial charge in [0.15, 0.2) is 11.5 Å². The van der Waals surface area contributed by atoms with Crippen LogP contribution in [-0.4, -0.2) is 27.8 Å². The number of quaternary nitrogens is 1. The molecule has 0 fully saturated rings. The van der Waals surface area contributed by atoms with E-state index in [1.165, 1.54) is 0 Å². The van der Waals surface area contributed by atoms with E-state index in [0.29, 0.717) is 18.0 Å². The van der Waals surface area contributed by atoms with Crippen molar-refractivity contribution in [3.63, 3.8) is 0 Å². The molecule has 1 unspecified atom stereocenters. The van der Waals surface area contributed by atoms with Crippen LogP contribution in [0.25, 0.3) is 0 Å². The summed E-state index contributed by atoms with van der Waals surface area (Å²) in [6.45, 7) is 0.565. The number of ether oxygens (including phenoxy) is 2. The van der Waals surface area contributed by atoms with Gasteiger partial charge in [0, 0.05) is 6.42 Å². The Bertz CT molecular complexity index is 313. The summed E-state index contributed by atoms with van der Waals surface area (Å²) >= 11 is 0. The number of rotatable bonds is 5. The van der Waals surface area contributed by atoms with E-state index in [-0.39, 0.29) is 5.06 Å². The lowest BCUT2D eigenvalue weighted by molar-refractivity contribution is -0.825. The number of benzene rings is 1. The Labute approximate surface area is 90.0 Å². The maximum Gasteiger partial charge on any atom is 0.160 e. The second-order valence-electron chi connectivity index (χ2n) is 3.39. The molecule has 4 heteroatoms. The minimum absolute atomic E-state index is 0.199. The number of hydroxylamine groups is 2. The van der Waals surface area contributed by atoms with Gasteiger partial charge < -0.3 is 19.7 Å². The van der Waals surface area contributed by atoms with Crippen molar-refractivity contribution in [2.75, 3.05) is 27.8 Å². The average Bonchev–Trinajstić information content (AvgIpc) is 2.25. The van der Waals surface area contributed by atoms with Gasteiger partial charge in [0.1, 0.15) is 0 Å². The molecule has 0 aromatic heterocycles. The van der Waals surface area contributed by atoms with Gasteiger partial charge in [-0.3, -0.25) is 0 Å². The fourth-order valence-corrected chi connectivity index (χ4v) is 1.36. The molecule has 1 N–H and O–H groups in total. The largest absolute Gasteiger partial charge is 0.634 e. The fraction of sp³-hybridized carbons (Fsp3) is 0.455. The normalized spacial score (nSPS) is 12.3. The van der Waals surface area contributed by atoms with Crippen LogP contribution in [0, 0.1) is 5.21 Å². The van der Waals surface area contributed by atoms with Crippen molar-refractivity contribution < 1.29 is 14.5 Å². The number of hydrogen-bond donors (Lipinski definition) is 1. The number of nitrogens with one attached hydrogen (secondary N) is 1. The molecule has 4 nitrogen and oxygen atoms in total. The predicted molar refractivity (Wildman–Crippen MR) is 58.4 cm³/mol. The summed E-state index contributed by atoms with van der Waals surface area (Å²) in [6.07, 6.45) is 0.746. The molecule has 0 amide bonds. The van der Waals surface area contributed by atoms with Gasteiger partial charge in [0.2, 0.25) is 0 Å². The summed E-state index contributed by atoms with van der Waals surface area (Å²) in [4.78, 5) is 0. The number of hydrogen-bond acceptors (Lipinski definition) is 3. The van der Waals surface area contributed by atoms with E-state index in [4.69, 9.17) is 9.47 Å². The molecule has 15 heavy (non-hydrogen) atoms. The smallest absolute Gasteiger partial charge is 0.160 e. The van der Waals surface area contributed by atoms with E-state index >= 15 is 0 Å². The standard InChI is InChI=1S/C11H17NO3/c1-12(13)7-6-9-4-5-10(14-2)11(8-9)15-3/h4-5,8,12H,6-7H2,1-3H3. The van der Waals surface area contributed by atoms with Crippen LogP contribution in [0.15, 0.2) is 18.2 Å². The van der Waals surface area contributed by atoms with Crippen molar-refractivity contribution in [1.82, 2.24) is 0 Å². The molecule has 0 aliphatic carbocycles. The molecule has 0 radical (unpaired) electrons. The Kier molecular flexibility index (Phi) is 4.39. The molecule has 1 aromatic carbocycles. The van der Waals surface area contributed by atoms with Crippen LogP contribution >= 0.6 is 0 Å². The van der Waals surface area contributed by atoms with E-state index in [9.17, 15) is 5.21 Å². The van der Waals surface area contributed by atoms with Crippen molar-refractivity contribution in [3.8, 4) is 11.5 Å². The highest BCUT2D eigenvalue weighted by atomic mass is 16.5. The van der Waals surface area contributed by atoms with E-state index in [0.717, 1.165) is 12.0 Å². The summed E-state index contributed by atoms with van der Waals surface area (Å²) in [7, 11) is 4.81. The molecule has 1 rings (SSSR count). The van der Waals surface area contributed by atoms with Crippen molar-refractivity contribution in [2.45, 2.75) is 6.42 Å². The Morgan fingerprint density at radius 3 is 2.40 bits per heavy atom. The Morgan fingerprint density at radius 2 is 1.87 bits per heavy atom. The molecule has 1 aromatic rings. The number of methoxy groups -OCH3 is 2. The zero-order valence-electron chi connectivity index (χ0n) is 9.37. The van der Waals surface area contributed by atoms with Crippen molar-refractivity contribution in [3.05, 3.63) is 29.0 Å². The van der Waals surface area contributed by atoms with Crippen LogP contribution in [0.5, 0.6) is 11.5 Å². The molecule has 0 saturated carbocycles. The summed E-state index contributed by atoms with van der Waals surface area (Å²) in [5.41, 5.74) is 1.09. The number of likely N-dealkylation sites (N-methyl/N-ethyl adjacent to an activating group) is 1. The van der Waals surface area contributed by atoms with Crippen molar-refractivity contribution in [2.24, 2.45) is 0 Å². The lowest BCUT2D eigenvalue weighted by Gasteiger charge is -2.16. The van der Waals surface area contributed by atoms with E-state index < -0.39 is 0 Å². The zero-order valence-corrected chi connectivity index (χ0v) is 9.37. The van der Waals surface area contributed by atoms with Gasteiger partial charge in [-0.05, 0) is 17.7 Å². The maximum absolute atomic E-state index is 10.8. The highest BCUT2D eigenvalue weighted by molar-refractivity contribution is 5.42. The molecule has 0 spiro atoms. The van der Waals surface area contributed by atoms with Gasteiger partial charge in [-0.25, -0.2) is 0 Å². The summed E-state index contributed by atoms with van der Waals surface area (Å²) in [5, 5.41) is 11.0. The zero-order chi connectivity index (χ0) is 11.3. The van der Waals surface area contributed by atoms with Gasteiger partial charge in [-0.15, -0.1) is 0 Å². The minimum atomic E-state index is 0.199. The highest BCUT2D eigenvalue weighted by Crippen LogP contribution is 2.27. The second-order valence-corrected chi connectivity index (χ2v) is 3.39. The van der Waals surface area contributed by atoms with Gasteiger partial charge in [-0.1, -0.05) is 6.07 Å². The molecule has 1 atom stereocenters. The summed E-state index contributed by atoms with van der Waals surface area (Å²) < 4.78 is 10.3. The first-order chi connectivity index (χ1) is 7.17. The monoisotopic (exact) mass is 211 g/mol. The predicted octanol–water partition coefficient (Wildman–Crippen LogP) is 0.259. The van der Waals surface area contributed by atoms with Crippen LogP contribution in [0.3, 0.4) is 0 Å². The summed E-state index contributed by atoms with van der Waals surface area (Å²) in [5.74, 6) is 1.42. The van der Waals surface area contributed by atoms with Gasteiger partial charge in [0.25, 0.3) is 0 Å². The fourth-order valence-electron chi connectivity index (χ4n) is 1.36. The minimum Gasteiger partial charge on any atom is -0.634 e.